The molecule has 0 bridgehead atoms. The first kappa shape index (κ1) is 17.6. The lowest BCUT2D eigenvalue weighted by molar-refractivity contribution is -0.895. The molecule has 0 saturated carbocycles. The lowest BCUT2D eigenvalue weighted by atomic mass is 10.3. The van der Waals surface area contributed by atoms with E-state index >= 15 is 0 Å². The summed E-state index contributed by atoms with van der Waals surface area (Å²) in [6, 6.07) is 5.79. The highest BCUT2D eigenvalue weighted by molar-refractivity contribution is 5.91. The topological polar surface area (TPSA) is 66.3 Å². The molecule has 2 aliphatic heterocycles. The van der Waals surface area contributed by atoms with Gasteiger partial charge in [0.25, 0.3) is 5.91 Å². The van der Waals surface area contributed by atoms with Gasteiger partial charge in [-0.05, 0) is 24.3 Å². The lowest BCUT2D eigenvalue weighted by Gasteiger charge is -2.36. The van der Waals surface area contributed by atoms with Gasteiger partial charge in [-0.2, -0.15) is 0 Å². The van der Waals surface area contributed by atoms with Crippen molar-refractivity contribution in [2.24, 2.45) is 0 Å². The molecule has 2 fully saturated rings. The molecule has 1 aromatic rings. The van der Waals surface area contributed by atoms with Crippen LogP contribution in [-0.4, -0.2) is 80.8 Å². The van der Waals surface area contributed by atoms with E-state index < -0.39 is 0 Å². The molecule has 0 aromatic heterocycles. The van der Waals surface area contributed by atoms with Crippen LogP contribution in [0.3, 0.4) is 0 Å². The van der Waals surface area contributed by atoms with Gasteiger partial charge in [0, 0.05) is 18.8 Å². The number of rotatable bonds is 3. The summed E-state index contributed by atoms with van der Waals surface area (Å²) in [6.45, 7) is 5.61. The zero-order valence-electron chi connectivity index (χ0n) is 14.2. The molecule has 3 amide bonds. The van der Waals surface area contributed by atoms with Crippen molar-refractivity contribution in [3.63, 3.8) is 0 Å². The molecule has 3 rings (SSSR count). The fourth-order valence-corrected chi connectivity index (χ4v) is 3.11. The first-order valence-electron chi connectivity index (χ1n) is 8.62. The minimum Gasteiger partial charge on any atom is -0.378 e. The van der Waals surface area contributed by atoms with Crippen LogP contribution >= 0.6 is 0 Å². The predicted molar refractivity (Wildman–Crippen MR) is 90.0 cm³/mol. The number of hydrogen-bond donors (Lipinski definition) is 2. The predicted octanol–water partition coefficient (Wildman–Crippen LogP) is -0.583. The maximum Gasteiger partial charge on any atom is 0.320 e. The Morgan fingerprint density at radius 3 is 2.28 bits per heavy atom. The van der Waals surface area contributed by atoms with E-state index in [1.54, 1.807) is 12.1 Å². The Hall–Kier alpha value is -2.19. The zero-order chi connectivity index (χ0) is 17.6. The highest BCUT2D eigenvalue weighted by Gasteiger charge is 2.28. The third-order valence-electron chi connectivity index (χ3n) is 4.56. The van der Waals surface area contributed by atoms with E-state index in [0.29, 0.717) is 51.6 Å². The summed E-state index contributed by atoms with van der Waals surface area (Å²) in [5.74, 6) is -0.431. The molecule has 0 atom stereocenters. The van der Waals surface area contributed by atoms with Crippen molar-refractivity contribution in [3.05, 3.63) is 30.1 Å². The molecule has 8 heteroatoms. The van der Waals surface area contributed by atoms with Crippen LogP contribution in [0.2, 0.25) is 0 Å². The number of piperazine rings is 1. The van der Waals surface area contributed by atoms with Crippen molar-refractivity contribution in [2.75, 3.05) is 64.3 Å². The molecule has 136 valence electrons. The monoisotopic (exact) mass is 351 g/mol. The summed E-state index contributed by atoms with van der Waals surface area (Å²) >= 11 is 0. The van der Waals surface area contributed by atoms with E-state index in [-0.39, 0.29) is 17.8 Å². The number of amides is 3. The summed E-state index contributed by atoms with van der Waals surface area (Å²) in [6.07, 6.45) is 0. The van der Waals surface area contributed by atoms with E-state index in [0.717, 1.165) is 18.0 Å². The minimum atomic E-state index is -0.329. The normalized spacial score (nSPS) is 18.9. The van der Waals surface area contributed by atoms with E-state index in [2.05, 4.69) is 5.32 Å². The van der Waals surface area contributed by atoms with Crippen LogP contribution in [-0.2, 0) is 9.53 Å². The van der Waals surface area contributed by atoms with Gasteiger partial charge in [-0.3, -0.25) is 4.79 Å². The quantitative estimate of drug-likeness (QED) is 0.766. The second-order valence-corrected chi connectivity index (χ2v) is 6.35. The Morgan fingerprint density at radius 2 is 1.64 bits per heavy atom. The fraction of sp³-hybridized carbons (Fsp3) is 0.529. The van der Waals surface area contributed by atoms with Crippen LogP contribution in [0.15, 0.2) is 24.3 Å². The van der Waals surface area contributed by atoms with E-state index in [4.69, 9.17) is 4.74 Å². The molecule has 1 aromatic carbocycles. The van der Waals surface area contributed by atoms with Crippen molar-refractivity contribution in [1.82, 2.24) is 9.80 Å². The van der Waals surface area contributed by atoms with Gasteiger partial charge in [0.1, 0.15) is 5.82 Å². The molecule has 7 nitrogen and oxygen atoms in total. The molecule has 2 heterocycles. The molecule has 2 N–H and O–H groups in total. The molecule has 25 heavy (non-hydrogen) atoms. The smallest absolute Gasteiger partial charge is 0.320 e. The van der Waals surface area contributed by atoms with Crippen molar-refractivity contribution in [1.29, 1.82) is 0 Å². The Labute approximate surface area is 146 Å². The molecular formula is C17H24FN4O3+. The molecule has 0 spiro atoms. The number of benzene rings is 1. The molecule has 0 aliphatic carbocycles. The highest BCUT2D eigenvalue weighted by Crippen LogP contribution is 2.07. The SMILES string of the molecule is O=C(C[NH+]1CCN(C(=O)N2CCOCC2)CC1)Nc1ccc(F)cc1. The summed E-state index contributed by atoms with van der Waals surface area (Å²) in [5.41, 5.74) is 0.590. The van der Waals surface area contributed by atoms with Gasteiger partial charge < -0.3 is 24.8 Å². The molecule has 0 unspecified atom stereocenters. The Bertz CT molecular complexity index is 596. The second kappa shape index (κ2) is 8.26. The summed E-state index contributed by atoms with van der Waals surface area (Å²) in [5, 5.41) is 2.77. The van der Waals surface area contributed by atoms with Crippen LogP contribution < -0.4 is 10.2 Å². The van der Waals surface area contributed by atoms with E-state index in [1.165, 1.54) is 12.1 Å². The van der Waals surface area contributed by atoms with Crippen LogP contribution in [0.4, 0.5) is 14.9 Å². The van der Waals surface area contributed by atoms with Gasteiger partial charge in [-0.25, -0.2) is 9.18 Å². The van der Waals surface area contributed by atoms with Crippen molar-refractivity contribution >= 4 is 17.6 Å². The lowest BCUT2D eigenvalue weighted by Crippen LogP contribution is -3.15. The first-order valence-corrected chi connectivity index (χ1v) is 8.62. The number of morpholine rings is 1. The van der Waals surface area contributed by atoms with E-state index in [1.807, 2.05) is 9.80 Å². The third kappa shape index (κ3) is 4.90. The maximum atomic E-state index is 12.9. The van der Waals surface area contributed by atoms with Gasteiger partial charge in [0.2, 0.25) is 0 Å². The first-order chi connectivity index (χ1) is 12.1. The number of hydrogen-bond acceptors (Lipinski definition) is 3. The maximum absolute atomic E-state index is 12.9. The summed E-state index contributed by atoms with van der Waals surface area (Å²) in [7, 11) is 0. The van der Waals surface area contributed by atoms with Gasteiger partial charge in [0.05, 0.1) is 39.4 Å². The van der Waals surface area contributed by atoms with Crippen LogP contribution in [0, 0.1) is 5.82 Å². The average Bonchev–Trinajstić information content (AvgIpc) is 2.64. The fourth-order valence-electron chi connectivity index (χ4n) is 3.11. The van der Waals surface area contributed by atoms with E-state index in [9.17, 15) is 14.0 Å². The second-order valence-electron chi connectivity index (χ2n) is 6.35. The standard InChI is InChI=1S/C17H23FN4O3/c18-14-1-3-15(4-2-14)19-16(23)13-20-5-7-21(8-6-20)17(24)22-9-11-25-12-10-22/h1-4H,5-13H2,(H,19,23)/p+1. The number of quaternary nitrogens is 1. The number of carbonyl (C=O) groups excluding carboxylic acids is 2. The van der Waals surface area contributed by atoms with Gasteiger partial charge in [0.15, 0.2) is 6.54 Å². The Kier molecular flexibility index (Phi) is 5.83. The molecule has 0 radical (unpaired) electrons. The number of anilines is 1. The molecule has 2 aliphatic rings. The Balaban J connectivity index is 1.41. The van der Waals surface area contributed by atoms with Crippen LogP contribution in [0.5, 0.6) is 0 Å². The summed E-state index contributed by atoms with van der Waals surface area (Å²) < 4.78 is 18.1. The number of urea groups is 1. The number of nitrogens with one attached hydrogen (secondary N) is 2. The number of carbonyl (C=O) groups is 2. The number of nitrogens with zero attached hydrogens (tertiary/aromatic N) is 2. The molecular weight excluding hydrogens is 327 g/mol. The van der Waals surface area contributed by atoms with Crippen molar-refractivity contribution < 1.29 is 23.6 Å². The van der Waals surface area contributed by atoms with Gasteiger partial charge in [-0.15, -0.1) is 0 Å². The van der Waals surface area contributed by atoms with Gasteiger partial charge >= 0.3 is 6.03 Å². The van der Waals surface area contributed by atoms with Crippen molar-refractivity contribution in [3.8, 4) is 0 Å². The van der Waals surface area contributed by atoms with Crippen LogP contribution in [0.25, 0.3) is 0 Å². The highest BCUT2D eigenvalue weighted by atomic mass is 19.1. The molecule has 2 saturated heterocycles. The number of halogens is 1. The van der Waals surface area contributed by atoms with Crippen LogP contribution in [0.1, 0.15) is 0 Å². The Morgan fingerprint density at radius 1 is 1.04 bits per heavy atom. The summed E-state index contributed by atoms with van der Waals surface area (Å²) in [4.78, 5) is 29.4. The zero-order valence-corrected chi connectivity index (χ0v) is 14.2. The average molecular weight is 351 g/mol. The third-order valence-corrected chi connectivity index (χ3v) is 4.56. The largest absolute Gasteiger partial charge is 0.378 e. The number of ether oxygens (including phenoxy) is 1. The minimum absolute atomic E-state index is 0.0677. The van der Waals surface area contributed by atoms with Gasteiger partial charge in [-0.1, -0.05) is 0 Å². The van der Waals surface area contributed by atoms with Crippen molar-refractivity contribution in [2.45, 2.75) is 0 Å².